The summed E-state index contributed by atoms with van der Waals surface area (Å²) in [4.78, 5) is 18.0. The van der Waals surface area contributed by atoms with Crippen LogP contribution in [0.4, 0.5) is 18.9 Å². The van der Waals surface area contributed by atoms with Crippen LogP contribution in [0.3, 0.4) is 0 Å². The summed E-state index contributed by atoms with van der Waals surface area (Å²) in [6, 6.07) is 20.0. The molecule has 2 heterocycles. The van der Waals surface area contributed by atoms with E-state index in [-0.39, 0.29) is 17.6 Å². The summed E-state index contributed by atoms with van der Waals surface area (Å²) in [6.45, 7) is 6.59. The molecule has 4 aromatic rings. The maximum Gasteiger partial charge on any atom is 0.573 e. The van der Waals surface area contributed by atoms with Crippen molar-refractivity contribution >= 4 is 34.1 Å². The summed E-state index contributed by atoms with van der Waals surface area (Å²) >= 11 is 6.10. The summed E-state index contributed by atoms with van der Waals surface area (Å²) in [6.07, 6.45) is -1.13. The van der Waals surface area contributed by atoms with Gasteiger partial charge in [-0.25, -0.2) is 0 Å². The Labute approximate surface area is 249 Å². The monoisotopic (exact) mass is 597 g/mol. The van der Waals surface area contributed by atoms with Crippen LogP contribution in [-0.4, -0.2) is 41.8 Å². The van der Waals surface area contributed by atoms with Gasteiger partial charge in [-0.15, -0.1) is 13.2 Å². The minimum absolute atomic E-state index is 0.0143. The predicted octanol–water partition coefficient (Wildman–Crippen LogP) is 8.79. The molecule has 0 saturated carbocycles. The van der Waals surface area contributed by atoms with Gasteiger partial charge in [-0.05, 0) is 110 Å². The second kappa shape index (κ2) is 12.8. The number of hydrogen-bond acceptors (Lipinski definition) is 3. The number of ether oxygens (including phenoxy) is 1. The Balaban J connectivity index is 1.25. The van der Waals surface area contributed by atoms with E-state index in [0.29, 0.717) is 17.4 Å². The van der Waals surface area contributed by atoms with Gasteiger partial charge in [-0.3, -0.25) is 4.79 Å². The zero-order valence-electron chi connectivity index (χ0n) is 23.7. The molecule has 5 nitrogen and oxygen atoms in total. The van der Waals surface area contributed by atoms with Crippen molar-refractivity contribution < 1.29 is 22.7 Å². The van der Waals surface area contributed by atoms with E-state index in [4.69, 9.17) is 11.6 Å². The Morgan fingerprint density at radius 2 is 1.81 bits per heavy atom. The molecule has 3 aromatic carbocycles. The van der Waals surface area contributed by atoms with Gasteiger partial charge in [0, 0.05) is 33.2 Å². The van der Waals surface area contributed by atoms with Crippen LogP contribution in [0.5, 0.6) is 5.75 Å². The first kappa shape index (κ1) is 30.0. The average molecular weight is 598 g/mol. The molecule has 1 fully saturated rings. The standard InChI is InChI=1S/C33H35ClF3N3O2/c1-21(2)32(41)38-26-6-3-5-24(19-26)22-14-17-40(18-15-22)16-4-7-28-29-20-27(42-33(35,36)37)12-13-30(29)39-31(28)23-8-10-25(34)11-9-23/h3,5-6,8-13,19-22,39H,4,7,14-18H2,1-2H3,(H,38,41). The summed E-state index contributed by atoms with van der Waals surface area (Å²) in [5, 5.41) is 4.34. The van der Waals surface area contributed by atoms with Gasteiger partial charge in [-0.1, -0.05) is 49.7 Å². The number of piperidine rings is 1. The maximum absolute atomic E-state index is 12.9. The van der Waals surface area contributed by atoms with Gasteiger partial charge in [0.15, 0.2) is 0 Å². The summed E-state index contributed by atoms with van der Waals surface area (Å²) in [5.74, 6) is 0.154. The first-order chi connectivity index (χ1) is 20.1. The van der Waals surface area contributed by atoms with Crippen molar-refractivity contribution in [1.82, 2.24) is 9.88 Å². The number of rotatable bonds is 9. The lowest BCUT2D eigenvalue weighted by atomic mass is 9.89. The zero-order valence-corrected chi connectivity index (χ0v) is 24.5. The molecule has 0 unspecified atom stereocenters. The Kier molecular flexibility index (Phi) is 9.13. The van der Waals surface area contributed by atoms with Crippen LogP contribution in [-0.2, 0) is 11.2 Å². The number of likely N-dealkylation sites (tertiary alicyclic amines) is 1. The molecule has 9 heteroatoms. The Morgan fingerprint density at radius 1 is 1.07 bits per heavy atom. The van der Waals surface area contributed by atoms with E-state index in [0.717, 1.165) is 72.3 Å². The summed E-state index contributed by atoms with van der Waals surface area (Å²) < 4.78 is 43.0. The van der Waals surface area contributed by atoms with Crippen molar-refractivity contribution in [2.24, 2.45) is 5.92 Å². The first-order valence-corrected chi connectivity index (χ1v) is 14.7. The second-order valence-corrected chi connectivity index (χ2v) is 11.7. The van der Waals surface area contributed by atoms with Gasteiger partial charge >= 0.3 is 6.36 Å². The Bertz CT molecular complexity index is 1520. The molecule has 0 radical (unpaired) electrons. The van der Waals surface area contributed by atoms with Crippen LogP contribution in [0.2, 0.25) is 5.02 Å². The Morgan fingerprint density at radius 3 is 2.50 bits per heavy atom. The third-order valence-corrected chi connectivity index (χ3v) is 8.13. The number of hydrogen-bond donors (Lipinski definition) is 2. The summed E-state index contributed by atoms with van der Waals surface area (Å²) in [7, 11) is 0. The smallest absolute Gasteiger partial charge is 0.406 e. The molecular formula is C33H35ClF3N3O2. The van der Waals surface area contributed by atoms with Crippen LogP contribution in [0.1, 0.15) is 50.2 Å². The average Bonchev–Trinajstić information content (AvgIpc) is 3.30. The van der Waals surface area contributed by atoms with Crippen LogP contribution in [0.25, 0.3) is 22.2 Å². The summed E-state index contributed by atoms with van der Waals surface area (Å²) in [5.41, 5.74) is 5.63. The van der Waals surface area contributed by atoms with Crippen molar-refractivity contribution in [2.75, 3.05) is 25.0 Å². The van der Waals surface area contributed by atoms with E-state index < -0.39 is 6.36 Å². The number of carbonyl (C=O) groups is 1. The molecule has 2 N–H and O–H groups in total. The quantitative estimate of drug-likeness (QED) is 0.203. The number of alkyl halides is 3. The number of anilines is 1. The number of aromatic nitrogens is 1. The highest BCUT2D eigenvalue weighted by atomic mass is 35.5. The number of nitrogens with zero attached hydrogens (tertiary/aromatic N) is 1. The number of benzene rings is 3. The predicted molar refractivity (Wildman–Crippen MR) is 162 cm³/mol. The molecule has 1 aliphatic heterocycles. The maximum atomic E-state index is 12.9. The van der Waals surface area contributed by atoms with E-state index in [1.165, 1.54) is 17.7 Å². The van der Waals surface area contributed by atoms with Gasteiger partial charge in [0.2, 0.25) is 5.91 Å². The van der Waals surface area contributed by atoms with E-state index in [1.807, 2.05) is 50.2 Å². The van der Waals surface area contributed by atoms with Crippen molar-refractivity contribution in [3.05, 3.63) is 82.9 Å². The number of amides is 1. The molecule has 0 aliphatic carbocycles. The molecule has 42 heavy (non-hydrogen) atoms. The molecule has 1 amide bonds. The lowest BCUT2D eigenvalue weighted by Gasteiger charge is -2.32. The van der Waals surface area contributed by atoms with E-state index >= 15 is 0 Å². The topological polar surface area (TPSA) is 57.4 Å². The largest absolute Gasteiger partial charge is 0.573 e. The van der Waals surface area contributed by atoms with Crippen molar-refractivity contribution in [1.29, 1.82) is 0 Å². The SMILES string of the molecule is CC(C)C(=O)Nc1cccc(C2CCN(CCCc3c(-c4ccc(Cl)cc4)[nH]c4ccc(OC(F)(F)F)cc34)CC2)c1. The van der Waals surface area contributed by atoms with Gasteiger partial charge in [0.05, 0.1) is 0 Å². The fraction of sp³-hybridized carbons (Fsp3) is 0.364. The molecule has 1 saturated heterocycles. The number of aryl methyl sites for hydroxylation is 1. The van der Waals surface area contributed by atoms with Crippen LogP contribution < -0.4 is 10.1 Å². The van der Waals surface area contributed by atoms with Crippen molar-refractivity contribution in [3.8, 4) is 17.0 Å². The van der Waals surface area contributed by atoms with Crippen LogP contribution in [0.15, 0.2) is 66.7 Å². The third-order valence-electron chi connectivity index (χ3n) is 7.88. The van der Waals surface area contributed by atoms with Gasteiger partial charge in [0.25, 0.3) is 0 Å². The number of fused-ring (bicyclic) bond motifs is 1. The zero-order chi connectivity index (χ0) is 29.9. The number of aromatic amines is 1. The molecule has 222 valence electrons. The number of H-pyrrole nitrogens is 1. The minimum Gasteiger partial charge on any atom is -0.406 e. The highest BCUT2D eigenvalue weighted by Crippen LogP contribution is 2.36. The molecule has 1 aliphatic rings. The van der Waals surface area contributed by atoms with Gasteiger partial charge < -0.3 is 19.9 Å². The van der Waals surface area contributed by atoms with E-state index in [9.17, 15) is 18.0 Å². The number of nitrogens with one attached hydrogen (secondary N) is 2. The fourth-order valence-corrected chi connectivity index (χ4v) is 5.80. The third kappa shape index (κ3) is 7.47. The minimum atomic E-state index is -4.75. The van der Waals surface area contributed by atoms with Crippen molar-refractivity contribution in [2.45, 2.75) is 51.8 Å². The molecule has 0 spiro atoms. The lowest BCUT2D eigenvalue weighted by Crippen LogP contribution is -2.33. The van der Waals surface area contributed by atoms with E-state index in [2.05, 4.69) is 32.1 Å². The van der Waals surface area contributed by atoms with Crippen LogP contribution in [0, 0.1) is 5.92 Å². The second-order valence-electron chi connectivity index (χ2n) is 11.2. The molecule has 5 rings (SSSR count). The van der Waals surface area contributed by atoms with Gasteiger partial charge in [0.1, 0.15) is 5.75 Å². The van der Waals surface area contributed by atoms with E-state index in [1.54, 1.807) is 6.07 Å². The highest BCUT2D eigenvalue weighted by molar-refractivity contribution is 6.30. The lowest BCUT2D eigenvalue weighted by molar-refractivity contribution is -0.274. The fourth-order valence-electron chi connectivity index (χ4n) is 5.67. The molecular weight excluding hydrogens is 563 g/mol. The molecule has 0 bridgehead atoms. The number of carbonyl (C=O) groups excluding carboxylic acids is 1. The Hall–Kier alpha value is -3.49. The van der Waals surface area contributed by atoms with Crippen molar-refractivity contribution in [3.63, 3.8) is 0 Å². The molecule has 0 atom stereocenters. The normalized spacial score (nSPS) is 14.9. The highest BCUT2D eigenvalue weighted by Gasteiger charge is 2.31. The van der Waals surface area contributed by atoms with Gasteiger partial charge in [-0.2, -0.15) is 0 Å². The van der Waals surface area contributed by atoms with Crippen LogP contribution >= 0.6 is 11.6 Å². The first-order valence-electron chi connectivity index (χ1n) is 14.3. The number of halogens is 4. The molecule has 1 aromatic heterocycles.